The summed E-state index contributed by atoms with van der Waals surface area (Å²) in [6.07, 6.45) is 1.67. The number of hydrogen-bond donors (Lipinski definition) is 2. The number of benzene rings is 1. The third kappa shape index (κ3) is 3.48. The standard InChI is InChI=1S/C13H12ClN3S/c14-11-3-1-9(2-4-11)8-18-12-7-10(13(15)16)5-6-17-12/h1-7H,8H2,(H3,15,16). The Morgan fingerprint density at radius 2 is 2.00 bits per heavy atom. The predicted molar refractivity (Wildman–Crippen MR) is 76.3 cm³/mol. The van der Waals surface area contributed by atoms with E-state index in [1.807, 2.05) is 30.3 Å². The molecule has 5 heteroatoms. The van der Waals surface area contributed by atoms with Crippen molar-refractivity contribution in [3.05, 3.63) is 58.7 Å². The van der Waals surface area contributed by atoms with Crippen molar-refractivity contribution in [1.82, 2.24) is 4.98 Å². The zero-order valence-corrected chi connectivity index (χ0v) is 11.1. The van der Waals surface area contributed by atoms with Gasteiger partial charge in [-0.3, -0.25) is 5.41 Å². The van der Waals surface area contributed by atoms with Crippen LogP contribution in [0, 0.1) is 5.41 Å². The summed E-state index contributed by atoms with van der Waals surface area (Å²) in [4.78, 5) is 4.24. The molecule has 0 bridgehead atoms. The van der Waals surface area contributed by atoms with Gasteiger partial charge in [0.1, 0.15) is 5.84 Å². The molecule has 2 rings (SSSR count). The summed E-state index contributed by atoms with van der Waals surface area (Å²) in [6, 6.07) is 11.3. The lowest BCUT2D eigenvalue weighted by Gasteiger charge is -2.03. The van der Waals surface area contributed by atoms with Crippen molar-refractivity contribution in [3.63, 3.8) is 0 Å². The maximum atomic E-state index is 7.38. The Bertz CT molecular complexity index is 554. The normalized spacial score (nSPS) is 10.3. The van der Waals surface area contributed by atoms with Gasteiger partial charge in [-0.05, 0) is 29.8 Å². The third-order valence-electron chi connectivity index (χ3n) is 2.35. The molecule has 0 fully saturated rings. The topological polar surface area (TPSA) is 62.8 Å². The number of halogens is 1. The Kier molecular flexibility index (Phi) is 4.23. The van der Waals surface area contributed by atoms with Crippen LogP contribution >= 0.6 is 23.4 Å². The second kappa shape index (κ2) is 5.89. The van der Waals surface area contributed by atoms with Crippen molar-refractivity contribution in [3.8, 4) is 0 Å². The number of nitrogens with one attached hydrogen (secondary N) is 1. The largest absolute Gasteiger partial charge is 0.384 e. The first kappa shape index (κ1) is 12.9. The predicted octanol–water partition coefficient (Wildman–Crippen LogP) is 3.31. The van der Waals surface area contributed by atoms with Crippen LogP contribution in [-0.2, 0) is 5.75 Å². The Labute approximate surface area is 115 Å². The van der Waals surface area contributed by atoms with Crippen LogP contribution in [0.2, 0.25) is 5.02 Å². The van der Waals surface area contributed by atoms with Crippen LogP contribution in [0.3, 0.4) is 0 Å². The number of hydrogen-bond acceptors (Lipinski definition) is 3. The van der Waals surface area contributed by atoms with Gasteiger partial charge in [0.15, 0.2) is 0 Å². The molecular weight excluding hydrogens is 266 g/mol. The lowest BCUT2D eigenvalue weighted by molar-refractivity contribution is 1.12. The Morgan fingerprint density at radius 3 is 2.67 bits per heavy atom. The van der Waals surface area contributed by atoms with E-state index >= 15 is 0 Å². The molecule has 0 spiro atoms. The summed E-state index contributed by atoms with van der Waals surface area (Å²) >= 11 is 7.43. The molecule has 0 aliphatic heterocycles. The van der Waals surface area contributed by atoms with Crippen molar-refractivity contribution in [2.45, 2.75) is 10.8 Å². The van der Waals surface area contributed by atoms with Crippen molar-refractivity contribution in [2.24, 2.45) is 5.73 Å². The van der Waals surface area contributed by atoms with Crippen LogP contribution in [0.4, 0.5) is 0 Å². The Hall–Kier alpha value is -1.52. The van der Waals surface area contributed by atoms with E-state index in [9.17, 15) is 0 Å². The van der Waals surface area contributed by atoms with Crippen LogP contribution in [0.15, 0.2) is 47.6 Å². The maximum absolute atomic E-state index is 7.38. The third-order valence-corrected chi connectivity index (χ3v) is 3.59. The number of aromatic nitrogens is 1. The lowest BCUT2D eigenvalue weighted by atomic mass is 10.2. The van der Waals surface area contributed by atoms with Gasteiger partial charge in [-0.25, -0.2) is 4.98 Å². The van der Waals surface area contributed by atoms with Crippen molar-refractivity contribution in [1.29, 1.82) is 5.41 Å². The summed E-state index contributed by atoms with van der Waals surface area (Å²) < 4.78 is 0. The molecule has 0 saturated heterocycles. The van der Waals surface area contributed by atoms with Crippen LogP contribution in [-0.4, -0.2) is 10.8 Å². The van der Waals surface area contributed by atoms with Crippen molar-refractivity contribution >= 4 is 29.2 Å². The summed E-state index contributed by atoms with van der Waals surface area (Å²) in [6.45, 7) is 0. The van der Waals surface area contributed by atoms with Gasteiger partial charge in [0.25, 0.3) is 0 Å². The van der Waals surface area contributed by atoms with Crippen molar-refractivity contribution < 1.29 is 0 Å². The fraction of sp³-hybridized carbons (Fsp3) is 0.0769. The van der Waals surface area contributed by atoms with Gasteiger partial charge in [-0.2, -0.15) is 0 Å². The van der Waals surface area contributed by atoms with E-state index in [4.69, 9.17) is 22.7 Å². The summed E-state index contributed by atoms with van der Waals surface area (Å²) in [5.41, 5.74) is 7.32. The van der Waals surface area contributed by atoms with Crippen LogP contribution in [0.25, 0.3) is 0 Å². The summed E-state index contributed by atoms with van der Waals surface area (Å²) in [7, 11) is 0. The van der Waals surface area contributed by atoms with E-state index in [-0.39, 0.29) is 5.84 Å². The molecule has 3 N–H and O–H groups in total. The van der Waals surface area contributed by atoms with E-state index in [0.29, 0.717) is 5.56 Å². The fourth-order valence-electron chi connectivity index (χ4n) is 1.39. The summed E-state index contributed by atoms with van der Waals surface area (Å²) in [5.74, 6) is 0.872. The molecule has 18 heavy (non-hydrogen) atoms. The minimum Gasteiger partial charge on any atom is -0.384 e. The van der Waals surface area contributed by atoms with Crippen LogP contribution < -0.4 is 5.73 Å². The van der Waals surface area contributed by atoms with Gasteiger partial charge in [0.2, 0.25) is 0 Å². The number of nitrogens with zero attached hydrogens (tertiary/aromatic N) is 1. The molecule has 2 aromatic rings. The maximum Gasteiger partial charge on any atom is 0.122 e. The second-order valence-corrected chi connectivity index (χ2v) is 5.14. The van der Waals surface area contributed by atoms with E-state index in [0.717, 1.165) is 15.8 Å². The fourth-order valence-corrected chi connectivity index (χ4v) is 2.37. The monoisotopic (exact) mass is 277 g/mol. The molecule has 0 radical (unpaired) electrons. The summed E-state index contributed by atoms with van der Waals surface area (Å²) in [5, 5.41) is 8.97. The van der Waals surface area contributed by atoms with E-state index in [1.165, 1.54) is 5.56 Å². The zero-order chi connectivity index (χ0) is 13.0. The highest BCUT2D eigenvalue weighted by Gasteiger charge is 2.01. The van der Waals surface area contributed by atoms with Gasteiger partial charge in [-0.1, -0.05) is 23.7 Å². The number of nitrogens with two attached hydrogens (primary N) is 1. The number of rotatable bonds is 4. The highest BCUT2D eigenvalue weighted by atomic mass is 35.5. The minimum absolute atomic E-state index is 0.0609. The molecule has 3 nitrogen and oxygen atoms in total. The Morgan fingerprint density at radius 1 is 1.28 bits per heavy atom. The molecule has 0 amide bonds. The average molecular weight is 278 g/mol. The minimum atomic E-state index is 0.0609. The van der Waals surface area contributed by atoms with E-state index < -0.39 is 0 Å². The first-order valence-electron chi connectivity index (χ1n) is 5.33. The van der Waals surface area contributed by atoms with Gasteiger partial charge < -0.3 is 5.73 Å². The molecule has 0 unspecified atom stereocenters. The smallest absolute Gasteiger partial charge is 0.122 e. The van der Waals surface area contributed by atoms with Crippen LogP contribution in [0.5, 0.6) is 0 Å². The van der Waals surface area contributed by atoms with E-state index in [2.05, 4.69) is 4.98 Å². The van der Waals surface area contributed by atoms with Crippen LogP contribution in [0.1, 0.15) is 11.1 Å². The molecule has 1 aromatic heterocycles. The van der Waals surface area contributed by atoms with Gasteiger partial charge in [-0.15, -0.1) is 11.8 Å². The molecular formula is C13H12ClN3S. The van der Waals surface area contributed by atoms with Gasteiger partial charge >= 0.3 is 0 Å². The molecule has 1 aromatic carbocycles. The SMILES string of the molecule is N=C(N)c1ccnc(SCc2ccc(Cl)cc2)c1. The number of nitrogen functional groups attached to an aromatic ring is 1. The molecule has 0 atom stereocenters. The molecule has 0 aliphatic carbocycles. The number of amidine groups is 1. The number of pyridine rings is 1. The van der Waals surface area contributed by atoms with Crippen molar-refractivity contribution in [2.75, 3.05) is 0 Å². The number of thioether (sulfide) groups is 1. The zero-order valence-electron chi connectivity index (χ0n) is 9.56. The highest BCUT2D eigenvalue weighted by molar-refractivity contribution is 7.98. The molecule has 0 saturated carbocycles. The molecule has 1 heterocycles. The Balaban J connectivity index is 2.04. The average Bonchev–Trinajstić information content (AvgIpc) is 2.38. The molecule has 0 aliphatic rings. The molecule has 92 valence electrons. The van der Waals surface area contributed by atoms with Gasteiger partial charge in [0.05, 0.1) is 5.03 Å². The van der Waals surface area contributed by atoms with Gasteiger partial charge in [0, 0.05) is 22.5 Å². The van der Waals surface area contributed by atoms with E-state index in [1.54, 1.807) is 24.0 Å². The first-order valence-corrected chi connectivity index (χ1v) is 6.69. The first-order chi connectivity index (χ1) is 8.65. The second-order valence-electron chi connectivity index (χ2n) is 3.71. The highest BCUT2D eigenvalue weighted by Crippen LogP contribution is 2.22. The quantitative estimate of drug-likeness (QED) is 0.512. The lowest BCUT2D eigenvalue weighted by Crippen LogP contribution is -2.10.